The van der Waals surface area contributed by atoms with Crippen molar-refractivity contribution in [1.29, 1.82) is 0 Å². The minimum absolute atomic E-state index is 0.00848. The molecule has 0 amide bonds. The molecular formula is C21H42O2. The summed E-state index contributed by atoms with van der Waals surface area (Å²) in [4.78, 5) is 11.6. The van der Waals surface area contributed by atoms with Gasteiger partial charge in [-0.15, -0.1) is 0 Å². The Kier molecular flexibility index (Phi) is 17.4. The summed E-state index contributed by atoms with van der Waals surface area (Å²) in [5, 5.41) is 0. The summed E-state index contributed by atoms with van der Waals surface area (Å²) >= 11 is 0. The Morgan fingerprint density at radius 2 is 1.26 bits per heavy atom. The standard InChI is InChI=1S/C21H42O2/c1-4-6-8-9-10-11-12-13-14-18-21(22)23-19-15-17-20(3)16-7-5-2/h20H,4-19H2,1-3H3. The van der Waals surface area contributed by atoms with Crippen LogP contribution in [0.1, 0.15) is 117 Å². The summed E-state index contributed by atoms with van der Waals surface area (Å²) in [5.41, 5.74) is 0. The Labute approximate surface area is 145 Å². The first-order valence-electron chi connectivity index (χ1n) is 10.4. The largest absolute Gasteiger partial charge is 0.466 e. The number of carbonyl (C=O) groups excluding carboxylic acids is 1. The molecule has 2 nitrogen and oxygen atoms in total. The molecular weight excluding hydrogens is 284 g/mol. The van der Waals surface area contributed by atoms with Gasteiger partial charge in [0, 0.05) is 6.42 Å². The Hall–Kier alpha value is -0.530. The third kappa shape index (κ3) is 17.7. The summed E-state index contributed by atoms with van der Waals surface area (Å²) < 4.78 is 5.33. The highest BCUT2D eigenvalue weighted by Gasteiger charge is 2.05. The second kappa shape index (κ2) is 17.8. The highest BCUT2D eigenvalue weighted by molar-refractivity contribution is 5.69. The van der Waals surface area contributed by atoms with E-state index in [9.17, 15) is 4.79 Å². The zero-order valence-electron chi connectivity index (χ0n) is 16.2. The molecule has 0 saturated carbocycles. The molecule has 1 atom stereocenters. The van der Waals surface area contributed by atoms with Gasteiger partial charge < -0.3 is 4.74 Å². The number of hydrogen-bond donors (Lipinski definition) is 0. The van der Waals surface area contributed by atoms with Gasteiger partial charge in [-0.3, -0.25) is 4.79 Å². The van der Waals surface area contributed by atoms with Gasteiger partial charge >= 0.3 is 5.97 Å². The molecule has 0 bridgehead atoms. The van der Waals surface area contributed by atoms with Gasteiger partial charge in [0.2, 0.25) is 0 Å². The molecule has 0 aliphatic rings. The molecule has 2 heteroatoms. The minimum atomic E-state index is 0.00848. The van der Waals surface area contributed by atoms with E-state index in [1.807, 2.05) is 0 Å². The Balaban J connectivity index is 3.25. The van der Waals surface area contributed by atoms with Crippen LogP contribution in [0.4, 0.5) is 0 Å². The molecule has 0 N–H and O–H groups in total. The van der Waals surface area contributed by atoms with Crippen LogP contribution in [0.3, 0.4) is 0 Å². The number of esters is 1. The molecule has 1 unspecified atom stereocenters. The van der Waals surface area contributed by atoms with Crippen LogP contribution >= 0.6 is 0 Å². The lowest BCUT2D eigenvalue weighted by molar-refractivity contribution is -0.143. The van der Waals surface area contributed by atoms with Crippen LogP contribution in [0.2, 0.25) is 0 Å². The van der Waals surface area contributed by atoms with Crippen LogP contribution in [-0.2, 0) is 9.53 Å². The van der Waals surface area contributed by atoms with Gasteiger partial charge in [-0.2, -0.15) is 0 Å². The number of unbranched alkanes of at least 4 members (excludes halogenated alkanes) is 9. The van der Waals surface area contributed by atoms with Gasteiger partial charge in [0.25, 0.3) is 0 Å². The lowest BCUT2D eigenvalue weighted by Crippen LogP contribution is -2.07. The lowest BCUT2D eigenvalue weighted by Gasteiger charge is -2.10. The Morgan fingerprint density at radius 1 is 0.739 bits per heavy atom. The maximum atomic E-state index is 11.6. The molecule has 0 aromatic heterocycles. The summed E-state index contributed by atoms with van der Waals surface area (Å²) in [6, 6.07) is 0. The summed E-state index contributed by atoms with van der Waals surface area (Å²) in [6.07, 6.45) is 18.3. The van der Waals surface area contributed by atoms with Crippen molar-refractivity contribution < 1.29 is 9.53 Å². The van der Waals surface area contributed by atoms with Crippen LogP contribution in [0, 0.1) is 5.92 Å². The van der Waals surface area contributed by atoms with Crippen molar-refractivity contribution in [1.82, 2.24) is 0 Å². The smallest absolute Gasteiger partial charge is 0.305 e. The molecule has 23 heavy (non-hydrogen) atoms. The first-order chi connectivity index (χ1) is 11.2. The zero-order chi connectivity index (χ0) is 17.2. The molecule has 0 fully saturated rings. The maximum Gasteiger partial charge on any atom is 0.305 e. The number of hydrogen-bond acceptors (Lipinski definition) is 2. The highest BCUT2D eigenvalue weighted by atomic mass is 16.5. The lowest BCUT2D eigenvalue weighted by atomic mass is 9.99. The van der Waals surface area contributed by atoms with E-state index < -0.39 is 0 Å². The monoisotopic (exact) mass is 326 g/mol. The quantitative estimate of drug-likeness (QED) is 0.211. The van der Waals surface area contributed by atoms with Crippen LogP contribution in [0.5, 0.6) is 0 Å². The van der Waals surface area contributed by atoms with Crippen molar-refractivity contribution in [3.8, 4) is 0 Å². The number of carbonyl (C=O) groups is 1. The highest BCUT2D eigenvalue weighted by Crippen LogP contribution is 2.14. The summed E-state index contributed by atoms with van der Waals surface area (Å²) in [6.45, 7) is 7.42. The van der Waals surface area contributed by atoms with Gasteiger partial charge in [0.1, 0.15) is 0 Å². The number of rotatable bonds is 17. The van der Waals surface area contributed by atoms with Gasteiger partial charge in [0.05, 0.1) is 6.61 Å². The van der Waals surface area contributed by atoms with Crippen LogP contribution in [0.15, 0.2) is 0 Å². The van der Waals surface area contributed by atoms with Crippen molar-refractivity contribution in [2.75, 3.05) is 6.61 Å². The van der Waals surface area contributed by atoms with E-state index in [4.69, 9.17) is 4.74 Å². The molecule has 0 aliphatic heterocycles. The van der Waals surface area contributed by atoms with Crippen molar-refractivity contribution in [3.63, 3.8) is 0 Å². The SMILES string of the molecule is CCCCCCCCCCCC(=O)OCCCC(C)CCCC. The van der Waals surface area contributed by atoms with Gasteiger partial charge in [0.15, 0.2) is 0 Å². The molecule has 0 aromatic carbocycles. The normalized spacial score (nSPS) is 12.3. The Bertz CT molecular complexity index is 250. The van der Waals surface area contributed by atoms with Crippen LogP contribution < -0.4 is 0 Å². The van der Waals surface area contributed by atoms with Crippen molar-refractivity contribution in [2.45, 2.75) is 117 Å². The van der Waals surface area contributed by atoms with E-state index in [1.165, 1.54) is 77.0 Å². The predicted octanol–water partition coefficient (Wildman–Crippen LogP) is 7.06. The second-order valence-corrected chi connectivity index (χ2v) is 7.19. The van der Waals surface area contributed by atoms with E-state index in [2.05, 4.69) is 20.8 Å². The van der Waals surface area contributed by atoms with Gasteiger partial charge in [-0.25, -0.2) is 0 Å². The van der Waals surface area contributed by atoms with Crippen LogP contribution in [0.25, 0.3) is 0 Å². The van der Waals surface area contributed by atoms with Gasteiger partial charge in [-0.1, -0.05) is 91.4 Å². The summed E-state index contributed by atoms with van der Waals surface area (Å²) in [5.74, 6) is 0.778. The third-order valence-electron chi connectivity index (χ3n) is 4.64. The zero-order valence-corrected chi connectivity index (χ0v) is 16.2. The topological polar surface area (TPSA) is 26.3 Å². The molecule has 0 aromatic rings. The van der Waals surface area contributed by atoms with Crippen molar-refractivity contribution in [2.24, 2.45) is 5.92 Å². The van der Waals surface area contributed by atoms with Crippen LogP contribution in [-0.4, -0.2) is 12.6 Å². The first kappa shape index (κ1) is 22.5. The van der Waals surface area contributed by atoms with Gasteiger partial charge in [-0.05, 0) is 25.2 Å². The Morgan fingerprint density at radius 3 is 1.87 bits per heavy atom. The maximum absolute atomic E-state index is 11.6. The molecule has 138 valence electrons. The van der Waals surface area contributed by atoms with Crippen molar-refractivity contribution in [3.05, 3.63) is 0 Å². The molecule has 0 heterocycles. The third-order valence-corrected chi connectivity index (χ3v) is 4.64. The molecule has 0 rings (SSSR count). The summed E-state index contributed by atoms with van der Waals surface area (Å²) in [7, 11) is 0. The fourth-order valence-electron chi connectivity index (χ4n) is 2.97. The van der Waals surface area contributed by atoms with E-state index in [0.717, 1.165) is 18.8 Å². The van der Waals surface area contributed by atoms with E-state index >= 15 is 0 Å². The average Bonchev–Trinajstić information content (AvgIpc) is 2.55. The second-order valence-electron chi connectivity index (χ2n) is 7.19. The number of ether oxygens (including phenoxy) is 1. The molecule has 0 aliphatic carbocycles. The molecule has 0 spiro atoms. The predicted molar refractivity (Wildman–Crippen MR) is 101 cm³/mol. The van der Waals surface area contributed by atoms with Crippen molar-refractivity contribution >= 4 is 5.97 Å². The fourth-order valence-corrected chi connectivity index (χ4v) is 2.97. The average molecular weight is 327 g/mol. The minimum Gasteiger partial charge on any atom is -0.466 e. The van der Waals surface area contributed by atoms with E-state index in [1.54, 1.807) is 0 Å². The first-order valence-corrected chi connectivity index (χ1v) is 10.4. The van der Waals surface area contributed by atoms with E-state index in [-0.39, 0.29) is 5.97 Å². The molecule has 0 radical (unpaired) electrons. The fraction of sp³-hybridized carbons (Fsp3) is 0.952. The van der Waals surface area contributed by atoms with E-state index in [0.29, 0.717) is 13.0 Å². The molecule has 0 saturated heterocycles.